The minimum Gasteiger partial charge on any atom is -0.497 e. The smallest absolute Gasteiger partial charge is 0.277 e. The Morgan fingerprint density at radius 1 is 1.07 bits per heavy atom. The minimum absolute atomic E-state index is 0.0663. The van der Waals surface area contributed by atoms with Crippen LogP contribution in [0, 0.1) is 0 Å². The van der Waals surface area contributed by atoms with Crippen molar-refractivity contribution >= 4 is 23.0 Å². The van der Waals surface area contributed by atoms with Gasteiger partial charge in [0.15, 0.2) is 0 Å². The van der Waals surface area contributed by atoms with Gasteiger partial charge in [-0.15, -0.1) is 0 Å². The number of para-hydroxylation sites is 1. The lowest BCUT2D eigenvalue weighted by Gasteiger charge is -2.22. The highest BCUT2D eigenvalue weighted by atomic mass is 16.5. The van der Waals surface area contributed by atoms with E-state index in [1.807, 2.05) is 53.4 Å². The average Bonchev–Trinajstić information content (AvgIpc) is 3.04. The maximum Gasteiger partial charge on any atom is 0.277 e. The summed E-state index contributed by atoms with van der Waals surface area (Å²) in [4.78, 5) is 19.2. The summed E-state index contributed by atoms with van der Waals surface area (Å²) in [7, 11) is 1.64. The van der Waals surface area contributed by atoms with Crippen LogP contribution in [-0.4, -0.2) is 24.0 Å². The quantitative estimate of drug-likeness (QED) is 0.749. The molecule has 0 radical (unpaired) electrons. The highest BCUT2D eigenvalue weighted by molar-refractivity contribution is 6.06. The number of amides is 1. The van der Waals surface area contributed by atoms with Crippen LogP contribution in [0.2, 0.25) is 0 Å². The fourth-order valence-corrected chi connectivity index (χ4v) is 3.43. The minimum atomic E-state index is -0.0663. The predicted molar refractivity (Wildman–Crippen MR) is 107 cm³/mol. The first-order valence-corrected chi connectivity index (χ1v) is 8.94. The van der Waals surface area contributed by atoms with Crippen LogP contribution < -0.4 is 15.0 Å². The Hall–Kier alpha value is -3.34. The van der Waals surface area contributed by atoms with Crippen molar-refractivity contribution in [3.05, 3.63) is 78.1 Å². The molecular weight excluding hydrogens is 338 g/mol. The first kappa shape index (κ1) is 17.1. The summed E-state index contributed by atoms with van der Waals surface area (Å²) < 4.78 is 5.16. The highest BCUT2D eigenvalue weighted by Gasteiger charge is 2.31. The molecule has 4 rings (SSSR count). The van der Waals surface area contributed by atoms with E-state index in [1.165, 1.54) is 5.56 Å². The summed E-state index contributed by atoms with van der Waals surface area (Å²) in [5.74, 6) is 0.739. The zero-order valence-electron chi connectivity index (χ0n) is 15.3. The summed E-state index contributed by atoms with van der Waals surface area (Å²) >= 11 is 0. The van der Waals surface area contributed by atoms with E-state index in [-0.39, 0.29) is 11.9 Å². The molecule has 0 spiro atoms. The van der Waals surface area contributed by atoms with Crippen LogP contribution in [-0.2, 0) is 6.42 Å². The summed E-state index contributed by atoms with van der Waals surface area (Å²) in [5, 5.41) is 3.27. The number of fused-ring (bicyclic) bond motifs is 1. The number of nitrogens with zero attached hydrogens (tertiary/aromatic N) is 2. The summed E-state index contributed by atoms with van der Waals surface area (Å²) in [6.45, 7) is 2.07. The van der Waals surface area contributed by atoms with E-state index in [9.17, 15) is 4.79 Å². The van der Waals surface area contributed by atoms with Gasteiger partial charge < -0.3 is 15.0 Å². The summed E-state index contributed by atoms with van der Waals surface area (Å²) in [6, 6.07) is 19.5. The second kappa shape index (κ2) is 7.11. The normalized spacial score (nSPS) is 15.3. The molecule has 1 aromatic heterocycles. The molecule has 0 bridgehead atoms. The number of methoxy groups -OCH3 is 1. The van der Waals surface area contributed by atoms with Gasteiger partial charge in [0.05, 0.1) is 19.0 Å². The number of hydrogen-bond acceptors (Lipinski definition) is 4. The van der Waals surface area contributed by atoms with Gasteiger partial charge in [0.2, 0.25) is 0 Å². The third-order valence-electron chi connectivity index (χ3n) is 4.79. The third kappa shape index (κ3) is 3.36. The first-order chi connectivity index (χ1) is 13.2. The Morgan fingerprint density at radius 3 is 2.52 bits per heavy atom. The van der Waals surface area contributed by atoms with Gasteiger partial charge in [-0.05, 0) is 61.4 Å². The molecular formula is C22H21N3O2. The molecule has 1 atom stereocenters. The number of nitrogens with one attached hydrogen (secondary N) is 1. The number of aromatic nitrogens is 1. The van der Waals surface area contributed by atoms with E-state index in [0.717, 1.165) is 29.2 Å². The molecule has 3 aromatic rings. The molecule has 5 heteroatoms. The highest BCUT2D eigenvalue weighted by Crippen LogP contribution is 2.33. The van der Waals surface area contributed by atoms with Crippen molar-refractivity contribution in [2.24, 2.45) is 0 Å². The topological polar surface area (TPSA) is 54.5 Å². The molecule has 0 fully saturated rings. The Bertz CT molecular complexity index is 952. The molecule has 136 valence electrons. The number of benzene rings is 2. The first-order valence-electron chi connectivity index (χ1n) is 8.94. The van der Waals surface area contributed by atoms with E-state index in [2.05, 4.69) is 23.3 Å². The Morgan fingerprint density at radius 2 is 1.81 bits per heavy atom. The average molecular weight is 359 g/mol. The molecule has 1 aliphatic rings. The Balaban J connectivity index is 1.51. The van der Waals surface area contributed by atoms with Gasteiger partial charge >= 0.3 is 0 Å². The Labute approximate surface area is 158 Å². The fraction of sp³-hybridized carbons (Fsp3) is 0.182. The van der Waals surface area contributed by atoms with Crippen LogP contribution in [0.1, 0.15) is 23.0 Å². The largest absolute Gasteiger partial charge is 0.497 e. The zero-order chi connectivity index (χ0) is 18.8. The van der Waals surface area contributed by atoms with Crippen LogP contribution in [0.25, 0.3) is 0 Å². The van der Waals surface area contributed by atoms with Gasteiger partial charge in [0, 0.05) is 17.4 Å². The van der Waals surface area contributed by atoms with Crippen LogP contribution in [0.15, 0.2) is 66.9 Å². The number of ether oxygens (including phenoxy) is 1. The molecule has 0 aliphatic carbocycles. The summed E-state index contributed by atoms with van der Waals surface area (Å²) in [5.41, 5.74) is 4.39. The van der Waals surface area contributed by atoms with Crippen LogP contribution in [0.4, 0.5) is 17.1 Å². The third-order valence-corrected chi connectivity index (χ3v) is 4.79. The molecule has 27 heavy (non-hydrogen) atoms. The molecule has 1 amide bonds. The van der Waals surface area contributed by atoms with Gasteiger partial charge in [0.1, 0.15) is 11.4 Å². The van der Waals surface area contributed by atoms with Crippen molar-refractivity contribution in [2.45, 2.75) is 19.4 Å². The number of hydrogen-bond donors (Lipinski definition) is 1. The van der Waals surface area contributed by atoms with Gasteiger partial charge in [0.25, 0.3) is 5.91 Å². The molecule has 1 N–H and O–H groups in total. The number of anilines is 3. The molecule has 2 heterocycles. The number of pyridine rings is 1. The van der Waals surface area contributed by atoms with Gasteiger partial charge in [-0.1, -0.05) is 18.2 Å². The van der Waals surface area contributed by atoms with Crippen LogP contribution in [0.5, 0.6) is 5.75 Å². The molecule has 1 unspecified atom stereocenters. The lowest BCUT2D eigenvalue weighted by molar-refractivity contribution is 0.0976. The number of rotatable bonds is 4. The van der Waals surface area contributed by atoms with Gasteiger partial charge in [-0.2, -0.15) is 0 Å². The van der Waals surface area contributed by atoms with Gasteiger partial charge in [-0.3, -0.25) is 4.79 Å². The van der Waals surface area contributed by atoms with E-state index in [1.54, 1.807) is 19.4 Å². The SMILES string of the molecule is COc1ccc(Nc2ccc(C(=O)N3c4ccccc4CC3C)nc2)cc1. The number of carbonyl (C=O) groups excluding carboxylic acids is 1. The van der Waals surface area contributed by atoms with Crippen molar-refractivity contribution in [2.75, 3.05) is 17.3 Å². The molecule has 0 saturated carbocycles. The van der Waals surface area contributed by atoms with E-state index >= 15 is 0 Å². The van der Waals surface area contributed by atoms with Crippen LogP contribution in [0.3, 0.4) is 0 Å². The van der Waals surface area contributed by atoms with Gasteiger partial charge in [-0.25, -0.2) is 4.98 Å². The van der Waals surface area contributed by atoms with Crippen molar-refractivity contribution in [1.82, 2.24) is 4.98 Å². The van der Waals surface area contributed by atoms with E-state index in [4.69, 9.17) is 4.74 Å². The molecule has 0 saturated heterocycles. The Kier molecular flexibility index (Phi) is 4.50. The zero-order valence-corrected chi connectivity index (χ0v) is 15.3. The lowest BCUT2D eigenvalue weighted by atomic mass is 10.1. The van der Waals surface area contributed by atoms with E-state index < -0.39 is 0 Å². The van der Waals surface area contributed by atoms with E-state index in [0.29, 0.717) is 5.69 Å². The maximum atomic E-state index is 13.0. The van der Waals surface area contributed by atoms with Crippen molar-refractivity contribution in [3.63, 3.8) is 0 Å². The monoisotopic (exact) mass is 359 g/mol. The van der Waals surface area contributed by atoms with Crippen molar-refractivity contribution in [1.29, 1.82) is 0 Å². The van der Waals surface area contributed by atoms with Crippen molar-refractivity contribution < 1.29 is 9.53 Å². The summed E-state index contributed by atoms with van der Waals surface area (Å²) in [6.07, 6.45) is 2.56. The predicted octanol–water partition coefficient (Wildman–Crippen LogP) is 4.43. The van der Waals surface area contributed by atoms with Crippen molar-refractivity contribution in [3.8, 4) is 5.75 Å². The number of carbonyl (C=O) groups is 1. The van der Waals surface area contributed by atoms with Crippen LogP contribution >= 0.6 is 0 Å². The maximum absolute atomic E-state index is 13.0. The lowest BCUT2D eigenvalue weighted by Crippen LogP contribution is -2.36. The standard InChI is InChI=1S/C22H21N3O2/c1-15-13-16-5-3-4-6-21(16)25(15)22(26)20-12-9-18(14-23-20)24-17-7-10-19(27-2)11-8-17/h3-12,14-15,24H,13H2,1-2H3. The molecule has 1 aliphatic heterocycles. The fourth-order valence-electron chi connectivity index (χ4n) is 3.43. The molecule has 2 aromatic carbocycles. The second-order valence-electron chi connectivity index (χ2n) is 6.64. The molecule has 5 nitrogen and oxygen atoms in total. The second-order valence-corrected chi connectivity index (χ2v) is 6.64.